The van der Waals surface area contributed by atoms with Crippen LogP contribution in [0.4, 0.5) is 4.79 Å². The van der Waals surface area contributed by atoms with E-state index >= 15 is 0 Å². The first-order valence-electron chi connectivity index (χ1n) is 9.95. The highest BCUT2D eigenvalue weighted by atomic mass is 16.6. The molecule has 0 aromatic rings. The lowest BCUT2D eigenvalue weighted by Gasteiger charge is -2.28. The fourth-order valence-corrected chi connectivity index (χ4v) is 2.40. The monoisotopic (exact) mass is 387 g/mol. The summed E-state index contributed by atoms with van der Waals surface area (Å²) in [7, 11) is 1.47. The van der Waals surface area contributed by atoms with Crippen LogP contribution in [0.2, 0.25) is 0 Å². The number of amides is 3. The van der Waals surface area contributed by atoms with E-state index in [1.54, 1.807) is 27.7 Å². The van der Waals surface area contributed by atoms with Gasteiger partial charge in [0, 0.05) is 34.3 Å². The van der Waals surface area contributed by atoms with E-state index in [0.717, 1.165) is 19.3 Å². The average Bonchev–Trinajstić information content (AvgIpc) is 2.57. The van der Waals surface area contributed by atoms with Gasteiger partial charge >= 0.3 is 6.09 Å². The van der Waals surface area contributed by atoms with Gasteiger partial charge in [0.1, 0.15) is 11.4 Å². The van der Waals surface area contributed by atoms with Crippen LogP contribution in [0, 0.1) is 0 Å². The van der Waals surface area contributed by atoms with Crippen molar-refractivity contribution in [2.45, 2.75) is 78.3 Å². The maximum atomic E-state index is 12.1. The number of rotatable bonds is 11. The molecule has 3 amide bonds. The number of ketones is 1. The molecule has 0 aromatic heterocycles. The Morgan fingerprint density at radius 2 is 1.81 bits per heavy atom. The molecule has 0 saturated heterocycles. The molecule has 0 heterocycles. The molecular weight excluding hydrogens is 350 g/mol. The number of hydrogen-bond acceptors (Lipinski definition) is 5. The van der Waals surface area contributed by atoms with Gasteiger partial charge in [0.15, 0.2) is 0 Å². The smallest absolute Gasteiger partial charge is 0.407 e. The van der Waals surface area contributed by atoms with Gasteiger partial charge in [0.2, 0.25) is 11.8 Å². The highest BCUT2D eigenvalue weighted by Crippen LogP contribution is 2.11. The third-order valence-electron chi connectivity index (χ3n) is 3.71. The Balaban J connectivity index is 4.98. The number of ether oxygens (including phenoxy) is 1. The van der Waals surface area contributed by atoms with Gasteiger partial charge in [0.25, 0.3) is 0 Å². The molecule has 0 spiro atoms. The molecule has 1 atom stereocenters. The maximum absolute atomic E-state index is 12.1. The van der Waals surface area contributed by atoms with Crippen molar-refractivity contribution in [3.63, 3.8) is 0 Å². The van der Waals surface area contributed by atoms with Crippen molar-refractivity contribution in [2.75, 3.05) is 20.1 Å². The van der Waals surface area contributed by atoms with E-state index in [9.17, 15) is 19.2 Å². The summed E-state index contributed by atoms with van der Waals surface area (Å²) in [5, 5.41) is 5.21. The minimum atomic E-state index is -0.658. The van der Waals surface area contributed by atoms with Crippen LogP contribution < -0.4 is 10.6 Å². The number of alkyl carbamates (subject to hydrolysis) is 1. The van der Waals surface area contributed by atoms with Gasteiger partial charge in [-0.15, -0.1) is 0 Å². The summed E-state index contributed by atoms with van der Waals surface area (Å²) >= 11 is 0. The number of Topliss-reactive ketones (excluding diaryl/α,β-unsaturated/α-hetero) is 1. The molecule has 0 saturated carbocycles. The fraction of sp³-hybridized carbons (Fsp3) is 0.789. The Bertz CT molecular complexity index is 534. The van der Waals surface area contributed by atoms with Crippen LogP contribution in [0.25, 0.3) is 0 Å². The Morgan fingerprint density at radius 1 is 1.15 bits per heavy atom. The summed E-state index contributed by atoms with van der Waals surface area (Å²) in [6.45, 7) is 6.27. The molecule has 8 nitrogen and oxygen atoms in total. The van der Waals surface area contributed by atoms with E-state index in [1.807, 2.05) is 0 Å². The zero-order valence-electron chi connectivity index (χ0n) is 18.2. The zero-order valence-corrected chi connectivity index (χ0v) is 17.2. The molecule has 0 aliphatic heterocycles. The molecule has 2 N–H and O–H groups in total. The second-order valence-corrected chi connectivity index (χ2v) is 7.59. The van der Waals surface area contributed by atoms with E-state index in [1.165, 1.54) is 11.9 Å². The van der Waals surface area contributed by atoms with Crippen molar-refractivity contribution in [2.24, 2.45) is 0 Å². The first-order valence-corrected chi connectivity index (χ1v) is 9.25. The Labute approximate surface area is 163 Å². The minimum absolute atomic E-state index is 0.108. The van der Waals surface area contributed by atoms with Crippen LogP contribution in [0.15, 0.2) is 0 Å². The predicted molar refractivity (Wildman–Crippen MR) is 103 cm³/mol. The van der Waals surface area contributed by atoms with Crippen molar-refractivity contribution < 1.29 is 25.3 Å². The lowest BCUT2D eigenvalue weighted by atomic mass is 10.1. The topological polar surface area (TPSA) is 105 Å². The number of carbonyl (C=O) groups excluding carboxylic acids is 4. The number of nitrogens with one attached hydrogen (secondary N) is 2. The molecule has 8 heteroatoms. The van der Waals surface area contributed by atoms with Crippen LogP contribution in [0.3, 0.4) is 0 Å². The van der Waals surface area contributed by atoms with E-state index < -0.39 is 30.5 Å². The van der Waals surface area contributed by atoms with Gasteiger partial charge < -0.3 is 25.1 Å². The Morgan fingerprint density at radius 3 is 2.33 bits per heavy atom. The minimum Gasteiger partial charge on any atom is -0.444 e. The highest BCUT2D eigenvalue weighted by Gasteiger charge is 2.23. The summed E-state index contributed by atoms with van der Waals surface area (Å²) in [5.41, 5.74) is -0.658. The van der Waals surface area contributed by atoms with E-state index in [0.29, 0.717) is 12.8 Å². The summed E-state index contributed by atoms with van der Waals surface area (Å²) in [4.78, 5) is 48.2. The average molecular weight is 388 g/mol. The van der Waals surface area contributed by atoms with Crippen LogP contribution in [0.1, 0.15) is 68.1 Å². The van der Waals surface area contributed by atoms with Crippen molar-refractivity contribution in [3.8, 4) is 0 Å². The van der Waals surface area contributed by atoms with Gasteiger partial charge in [-0.2, -0.15) is 0 Å². The predicted octanol–water partition coefficient (Wildman–Crippen LogP) is 2.01. The lowest BCUT2D eigenvalue weighted by Crippen LogP contribution is -2.49. The normalized spacial score (nSPS) is 12.6. The van der Waals surface area contributed by atoms with Gasteiger partial charge in [-0.3, -0.25) is 9.59 Å². The summed E-state index contributed by atoms with van der Waals surface area (Å²) in [6.07, 6.45) is 2.81. The van der Waals surface area contributed by atoms with Crippen molar-refractivity contribution in [1.29, 1.82) is 0 Å². The molecule has 0 aliphatic rings. The molecule has 27 heavy (non-hydrogen) atoms. The van der Waals surface area contributed by atoms with E-state index in [4.69, 9.17) is 6.11 Å². The molecule has 0 unspecified atom stereocenters. The van der Waals surface area contributed by atoms with Crippen molar-refractivity contribution in [1.82, 2.24) is 15.5 Å². The van der Waals surface area contributed by atoms with Crippen LogP contribution in [0.5, 0.6) is 0 Å². The molecule has 0 rings (SSSR count). The maximum Gasteiger partial charge on any atom is 0.407 e. The molecule has 0 aliphatic carbocycles. The third kappa shape index (κ3) is 13.7. The van der Waals surface area contributed by atoms with Gasteiger partial charge in [0.05, 0.1) is 6.54 Å². The first kappa shape index (κ1) is 22.9. The molecule has 0 aromatic carbocycles. The molecular formula is C19H35N3O5. The summed E-state index contributed by atoms with van der Waals surface area (Å²) in [5.74, 6) is -0.698. The van der Waals surface area contributed by atoms with Crippen LogP contribution in [-0.2, 0) is 19.1 Å². The standard InChI is InChI=1S/C19H35N3O5/c1-14(23)10-8-7-9-11-16(21-18(26)27-19(3,4)5)12-22(15(2)24)13-17(25)20-6/h16H,7-13H2,1-6H3,(H,20,25)(H,21,26)/t16-/m0/s1/i2T. The number of carbonyl (C=O) groups is 4. The van der Waals surface area contributed by atoms with E-state index in [2.05, 4.69) is 10.6 Å². The highest BCUT2D eigenvalue weighted by molar-refractivity contribution is 5.83. The van der Waals surface area contributed by atoms with E-state index in [-0.39, 0.29) is 24.8 Å². The lowest BCUT2D eigenvalue weighted by molar-refractivity contribution is -0.134. The summed E-state index contributed by atoms with van der Waals surface area (Å²) < 4.78 is 12.6. The quantitative estimate of drug-likeness (QED) is 0.528. The Kier molecular flexibility index (Phi) is 10.4. The largest absolute Gasteiger partial charge is 0.444 e. The number of unbranched alkanes of at least 4 members (excludes halogenated alkanes) is 2. The molecule has 156 valence electrons. The number of likely N-dealkylation sites (N-methyl/N-ethyl adjacent to an activating group) is 1. The zero-order chi connectivity index (χ0) is 21.7. The van der Waals surface area contributed by atoms with Crippen molar-refractivity contribution in [3.05, 3.63) is 0 Å². The van der Waals surface area contributed by atoms with Crippen LogP contribution >= 0.6 is 0 Å². The second-order valence-electron chi connectivity index (χ2n) is 7.59. The number of nitrogens with zero attached hydrogens (tertiary/aromatic N) is 1. The fourth-order valence-electron chi connectivity index (χ4n) is 2.40. The van der Waals surface area contributed by atoms with Crippen LogP contribution in [-0.4, -0.2) is 60.4 Å². The molecule has 0 radical (unpaired) electrons. The second kappa shape index (κ2) is 12.3. The third-order valence-corrected chi connectivity index (χ3v) is 3.71. The first-order chi connectivity index (χ1) is 13.0. The van der Waals surface area contributed by atoms with Gasteiger partial charge in [-0.25, -0.2) is 4.79 Å². The van der Waals surface area contributed by atoms with Gasteiger partial charge in [-0.05, 0) is 40.5 Å². The Hall–Kier alpha value is -2.12. The molecule has 0 fully saturated rings. The van der Waals surface area contributed by atoms with Gasteiger partial charge in [-0.1, -0.05) is 12.8 Å². The van der Waals surface area contributed by atoms with Crippen molar-refractivity contribution >= 4 is 23.7 Å². The summed E-state index contributed by atoms with van der Waals surface area (Å²) in [6, 6.07) is -0.424. The SMILES string of the molecule is [3H]CC(=O)N(CC(=O)NC)C[C@H](CCCCCC(C)=O)NC(=O)OC(C)(C)C. The number of hydrogen-bond donors (Lipinski definition) is 2. The molecule has 0 bridgehead atoms.